The van der Waals surface area contributed by atoms with Crippen LogP contribution in [0.3, 0.4) is 0 Å². The third kappa shape index (κ3) is 3.14. The Morgan fingerprint density at radius 3 is 2.95 bits per heavy atom. The fourth-order valence-corrected chi connectivity index (χ4v) is 3.60. The zero-order valence-corrected chi connectivity index (χ0v) is 13.6. The molecule has 1 saturated carbocycles. The minimum absolute atomic E-state index is 0.0552. The summed E-state index contributed by atoms with van der Waals surface area (Å²) in [4.78, 5) is 14.5. The van der Waals surface area contributed by atoms with Gasteiger partial charge in [0.05, 0.1) is 10.2 Å². The van der Waals surface area contributed by atoms with Crippen LogP contribution in [-0.2, 0) is 6.54 Å². The minimum atomic E-state index is 0.0552. The molecule has 4 nitrogen and oxygen atoms in total. The van der Waals surface area contributed by atoms with E-state index in [1.807, 2.05) is 20.2 Å². The fraction of sp³-hybridized carbons (Fsp3) is 0.562. The molecule has 0 saturated heterocycles. The van der Waals surface area contributed by atoms with E-state index in [9.17, 15) is 4.79 Å². The SMILES string of the molecule is CN(C)CCNC(=O)c1cc2sccc2n1CC1CCC1. The van der Waals surface area contributed by atoms with Gasteiger partial charge in [-0.25, -0.2) is 0 Å². The van der Waals surface area contributed by atoms with Crippen LogP contribution in [0, 0.1) is 5.92 Å². The van der Waals surface area contributed by atoms with Gasteiger partial charge in [-0.2, -0.15) is 0 Å². The number of nitrogens with one attached hydrogen (secondary N) is 1. The van der Waals surface area contributed by atoms with Gasteiger partial charge in [0.1, 0.15) is 5.69 Å². The number of fused-ring (bicyclic) bond motifs is 1. The molecule has 2 aromatic rings. The first-order chi connectivity index (χ1) is 10.1. The highest BCUT2D eigenvalue weighted by Crippen LogP contribution is 2.32. The molecule has 0 spiro atoms. The van der Waals surface area contributed by atoms with Gasteiger partial charge in [0.15, 0.2) is 0 Å². The predicted octanol–water partition coefficient (Wildman–Crippen LogP) is 2.79. The Bertz CT molecular complexity index is 625. The summed E-state index contributed by atoms with van der Waals surface area (Å²) in [5.41, 5.74) is 2.03. The quantitative estimate of drug-likeness (QED) is 0.891. The number of nitrogens with zero attached hydrogens (tertiary/aromatic N) is 2. The number of amides is 1. The van der Waals surface area contributed by atoms with Crippen LogP contribution in [0.15, 0.2) is 17.5 Å². The van der Waals surface area contributed by atoms with Crippen molar-refractivity contribution in [3.63, 3.8) is 0 Å². The van der Waals surface area contributed by atoms with Crippen molar-refractivity contribution in [1.29, 1.82) is 0 Å². The van der Waals surface area contributed by atoms with Crippen molar-refractivity contribution in [2.75, 3.05) is 27.2 Å². The first-order valence-electron chi connectivity index (χ1n) is 7.65. The lowest BCUT2D eigenvalue weighted by Gasteiger charge is -2.26. The highest BCUT2D eigenvalue weighted by atomic mass is 32.1. The second-order valence-electron chi connectivity index (χ2n) is 6.17. The molecule has 0 unspecified atom stereocenters. The molecule has 2 heterocycles. The van der Waals surface area contributed by atoms with Crippen LogP contribution < -0.4 is 5.32 Å². The van der Waals surface area contributed by atoms with Gasteiger partial charge in [-0.1, -0.05) is 6.42 Å². The minimum Gasteiger partial charge on any atom is -0.349 e. The number of carbonyl (C=O) groups is 1. The number of thiophene rings is 1. The zero-order chi connectivity index (χ0) is 14.8. The third-order valence-electron chi connectivity index (χ3n) is 4.27. The van der Waals surface area contributed by atoms with Gasteiger partial charge in [0, 0.05) is 19.6 Å². The normalized spacial score (nSPS) is 15.6. The Kier molecular flexibility index (Phi) is 4.31. The number of hydrogen-bond acceptors (Lipinski definition) is 3. The third-order valence-corrected chi connectivity index (χ3v) is 5.12. The first-order valence-corrected chi connectivity index (χ1v) is 8.53. The van der Waals surface area contributed by atoms with Gasteiger partial charge >= 0.3 is 0 Å². The van der Waals surface area contributed by atoms with Crippen molar-refractivity contribution in [1.82, 2.24) is 14.8 Å². The number of carbonyl (C=O) groups excluding carboxylic acids is 1. The Balaban J connectivity index is 1.77. The number of hydrogen-bond donors (Lipinski definition) is 1. The lowest BCUT2D eigenvalue weighted by atomic mass is 9.85. The lowest BCUT2D eigenvalue weighted by molar-refractivity contribution is 0.0940. The summed E-state index contributed by atoms with van der Waals surface area (Å²) in [5, 5.41) is 5.14. The summed E-state index contributed by atoms with van der Waals surface area (Å²) in [6.45, 7) is 2.54. The molecule has 0 aliphatic heterocycles. The van der Waals surface area contributed by atoms with E-state index in [4.69, 9.17) is 0 Å². The summed E-state index contributed by atoms with van der Waals surface area (Å²) in [7, 11) is 4.03. The lowest BCUT2D eigenvalue weighted by Crippen LogP contribution is -2.33. The molecular weight excluding hydrogens is 282 g/mol. The van der Waals surface area contributed by atoms with Gasteiger partial charge in [-0.05, 0) is 50.4 Å². The molecular formula is C16H23N3OS. The van der Waals surface area contributed by atoms with Gasteiger partial charge in [-0.3, -0.25) is 4.79 Å². The van der Waals surface area contributed by atoms with Crippen molar-refractivity contribution in [2.24, 2.45) is 5.92 Å². The average molecular weight is 305 g/mol. The van der Waals surface area contributed by atoms with E-state index < -0.39 is 0 Å². The van der Waals surface area contributed by atoms with E-state index in [1.165, 1.54) is 29.5 Å². The maximum Gasteiger partial charge on any atom is 0.268 e. The molecule has 1 N–H and O–H groups in total. The second kappa shape index (κ2) is 6.20. The van der Waals surface area contributed by atoms with Crippen LogP contribution in [0.25, 0.3) is 10.2 Å². The Labute approximate surface area is 129 Å². The van der Waals surface area contributed by atoms with Crippen molar-refractivity contribution in [2.45, 2.75) is 25.8 Å². The van der Waals surface area contributed by atoms with Crippen LogP contribution in [0.4, 0.5) is 0 Å². The van der Waals surface area contributed by atoms with Crippen LogP contribution in [0.1, 0.15) is 29.8 Å². The topological polar surface area (TPSA) is 37.3 Å². The maximum atomic E-state index is 12.5. The summed E-state index contributed by atoms with van der Waals surface area (Å²) in [5.74, 6) is 0.799. The Hall–Kier alpha value is -1.33. The molecule has 0 bridgehead atoms. The van der Waals surface area contributed by atoms with Crippen LogP contribution in [-0.4, -0.2) is 42.6 Å². The molecule has 1 aliphatic rings. The zero-order valence-electron chi connectivity index (χ0n) is 12.8. The molecule has 1 amide bonds. The van der Waals surface area contributed by atoms with E-state index in [1.54, 1.807) is 11.3 Å². The van der Waals surface area contributed by atoms with Gasteiger partial charge in [-0.15, -0.1) is 11.3 Å². The fourth-order valence-electron chi connectivity index (χ4n) is 2.78. The number of rotatable bonds is 6. The van der Waals surface area contributed by atoms with Crippen LogP contribution >= 0.6 is 11.3 Å². The van der Waals surface area contributed by atoms with Crippen molar-refractivity contribution >= 4 is 27.5 Å². The summed E-state index contributed by atoms with van der Waals surface area (Å²) < 4.78 is 3.44. The molecule has 0 atom stereocenters. The van der Waals surface area contributed by atoms with E-state index in [0.29, 0.717) is 6.54 Å². The standard InChI is InChI=1S/C16H23N3OS/c1-18(2)8-7-17-16(20)14-10-15-13(6-9-21-15)19(14)11-12-4-3-5-12/h6,9-10,12H,3-5,7-8,11H2,1-2H3,(H,17,20). The van der Waals surface area contributed by atoms with Gasteiger partial charge in [0.25, 0.3) is 5.91 Å². The summed E-state index contributed by atoms with van der Waals surface area (Å²) in [6.07, 6.45) is 3.93. The van der Waals surface area contributed by atoms with E-state index in [2.05, 4.69) is 26.2 Å². The smallest absolute Gasteiger partial charge is 0.268 e. The molecule has 0 aromatic carbocycles. The van der Waals surface area contributed by atoms with Gasteiger partial charge < -0.3 is 14.8 Å². The second-order valence-corrected chi connectivity index (χ2v) is 7.11. The van der Waals surface area contributed by atoms with E-state index in [0.717, 1.165) is 24.7 Å². The molecule has 3 rings (SSSR count). The van der Waals surface area contributed by atoms with E-state index in [-0.39, 0.29) is 5.91 Å². The summed E-state index contributed by atoms with van der Waals surface area (Å²) in [6, 6.07) is 4.18. The van der Waals surface area contributed by atoms with Crippen molar-refractivity contribution < 1.29 is 4.79 Å². The molecule has 2 aromatic heterocycles. The monoisotopic (exact) mass is 305 g/mol. The molecule has 1 aliphatic carbocycles. The molecule has 5 heteroatoms. The van der Waals surface area contributed by atoms with E-state index >= 15 is 0 Å². The first kappa shape index (κ1) is 14.6. The summed E-state index contributed by atoms with van der Waals surface area (Å²) >= 11 is 1.71. The Morgan fingerprint density at radius 1 is 1.48 bits per heavy atom. The largest absolute Gasteiger partial charge is 0.349 e. The molecule has 114 valence electrons. The van der Waals surface area contributed by atoms with Crippen molar-refractivity contribution in [3.05, 3.63) is 23.2 Å². The molecule has 1 fully saturated rings. The Morgan fingerprint density at radius 2 is 2.29 bits per heavy atom. The van der Waals surface area contributed by atoms with Crippen molar-refractivity contribution in [3.8, 4) is 0 Å². The molecule has 21 heavy (non-hydrogen) atoms. The average Bonchev–Trinajstić information content (AvgIpc) is 2.94. The highest BCUT2D eigenvalue weighted by molar-refractivity contribution is 7.17. The molecule has 0 radical (unpaired) electrons. The maximum absolute atomic E-state index is 12.5. The predicted molar refractivity (Wildman–Crippen MR) is 88.0 cm³/mol. The van der Waals surface area contributed by atoms with Crippen LogP contribution in [0.5, 0.6) is 0 Å². The van der Waals surface area contributed by atoms with Gasteiger partial charge in [0.2, 0.25) is 0 Å². The highest BCUT2D eigenvalue weighted by Gasteiger charge is 2.22. The number of likely N-dealkylation sites (N-methyl/N-ethyl adjacent to an activating group) is 1. The number of aromatic nitrogens is 1. The van der Waals surface area contributed by atoms with Crippen LogP contribution in [0.2, 0.25) is 0 Å².